The summed E-state index contributed by atoms with van der Waals surface area (Å²) < 4.78 is 42.4. The van der Waals surface area contributed by atoms with E-state index in [-0.39, 0.29) is 31.6 Å². The molecule has 4 amide bonds. The van der Waals surface area contributed by atoms with Gasteiger partial charge in [0.05, 0.1) is 17.4 Å². The van der Waals surface area contributed by atoms with Crippen molar-refractivity contribution in [2.45, 2.75) is 31.5 Å². The third-order valence-electron chi connectivity index (χ3n) is 5.53. The van der Waals surface area contributed by atoms with Crippen LogP contribution < -0.4 is 10.6 Å². The number of para-hydroxylation sites is 1. The molecule has 1 aromatic carbocycles. The normalized spacial score (nSPS) is 18.5. The van der Waals surface area contributed by atoms with Crippen LogP contribution in [0.3, 0.4) is 0 Å². The van der Waals surface area contributed by atoms with E-state index in [1.54, 1.807) is 25.1 Å². The molecule has 0 aliphatic carbocycles. The minimum Gasteiger partial charge on any atom is -0.338 e. The third-order valence-corrected chi connectivity index (χ3v) is 5.53. The van der Waals surface area contributed by atoms with Crippen LogP contribution in [0.2, 0.25) is 0 Å². The van der Waals surface area contributed by atoms with Gasteiger partial charge >= 0.3 is 12.2 Å². The van der Waals surface area contributed by atoms with E-state index in [1.807, 2.05) is 0 Å². The van der Waals surface area contributed by atoms with Crippen LogP contribution in [0.4, 0.5) is 18.0 Å². The van der Waals surface area contributed by atoms with E-state index in [2.05, 4.69) is 15.7 Å². The van der Waals surface area contributed by atoms with Crippen LogP contribution in [0.25, 0.3) is 5.69 Å². The first-order valence-corrected chi connectivity index (χ1v) is 9.26. The third kappa shape index (κ3) is 3.19. The topological polar surface area (TPSA) is 96.3 Å². The molecule has 2 aromatic rings. The van der Waals surface area contributed by atoms with Crippen LogP contribution in [0.5, 0.6) is 0 Å². The number of rotatable bonds is 2. The highest BCUT2D eigenvalue weighted by Gasteiger charge is 2.49. The number of nitrogens with zero attached hydrogens (tertiary/aromatic N) is 3. The zero-order chi connectivity index (χ0) is 21.7. The summed E-state index contributed by atoms with van der Waals surface area (Å²) in [5.41, 5.74) is -2.01. The second-order valence-corrected chi connectivity index (χ2v) is 7.39. The molecule has 0 radical (unpaired) electrons. The van der Waals surface area contributed by atoms with Crippen molar-refractivity contribution in [1.29, 1.82) is 0 Å². The van der Waals surface area contributed by atoms with Crippen molar-refractivity contribution < 1.29 is 27.6 Å². The predicted molar refractivity (Wildman–Crippen MR) is 97.8 cm³/mol. The molecule has 2 aliphatic rings. The van der Waals surface area contributed by atoms with Gasteiger partial charge in [0, 0.05) is 13.1 Å². The van der Waals surface area contributed by atoms with Crippen LogP contribution in [0.1, 0.15) is 34.5 Å². The molecule has 30 heavy (non-hydrogen) atoms. The van der Waals surface area contributed by atoms with Crippen LogP contribution >= 0.6 is 0 Å². The number of hydrogen-bond acceptors (Lipinski definition) is 4. The molecular weight excluding hydrogens is 403 g/mol. The van der Waals surface area contributed by atoms with Crippen molar-refractivity contribution in [1.82, 2.24) is 25.3 Å². The Bertz CT molecular complexity index is 1040. The number of halogens is 3. The summed E-state index contributed by atoms with van der Waals surface area (Å²) in [5, 5.41) is 8.56. The molecule has 2 fully saturated rings. The van der Waals surface area contributed by atoms with Crippen molar-refractivity contribution in [3.63, 3.8) is 0 Å². The highest BCUT2D eigenvalue weighted by molar-refractivity contribution is 6.07. The smallest absolute Gasteiger partial charge is 0.338 e. The van der Waals surface area contributed by atoms with Gasteiger partial charge in [-0.15, -0.1) is 0 Å². The molecule has 0 atom stereocenters. The second kappa shape index (κ2) is 6.85. The number of nitrogens with one attached hydrogen (secondary N) is 2. The summed E-state index contributed by atoms with van der Waals surface area (Å²) in [6.45, 7) is 1.71. The Morgan fingerprint density at radius 3 is 2.40 bits per heavy atom. The van der Waals surface area contributed by atoms with Gasteiger partial charge in [0.1, 0.15) is 5.54 Å². The van der Waals surface area contributed by atoms with Gasteiger partial charge in [0.2, 0.25) is 0 Å². The van der Waals surface area contributed by atoms with Gasteiger partial charge in [0.25, 0.3) is 11.8 Å². The maximum atomic E-state index is 13.9. The first kappa shape index (κ1) is 19.9. The fourth-order valence-corrected chi connectivity index (χ4v) is 3.90. The van der Waals surface area contributed by atoms with Crippen molar-refractivity contribution >= 4 is 17.8 Å². The summed E-state index contributed by atoms with van der Waals surface area (Å²) in [4.78, 5) is 37.6. The first-order valence-electron chi connectivity index (χ1n) is 9.26. The molecule has 8 nitrogen and oxygen atoms in total. The van der Waals surface area contributed by atoms with Gasteiger partial charge < -0.3 is 10.2 Å². The fraction of sp³-hybridized carbons (Fsp3) is 0.368. The molecule has 0 saturated carbocycles. The number of urea groups is 1. The molecule has 0 bridgehead atoms. The van der Waals surface area contributed by atoms with E-state index in [9.17, 15) is 27.6 Å². The van der Waals surface area contributed by atoms with Crippen LogP contribution in [0, 0.1) is 6.92 Å². The predicted octanol–water partition coefficient (Wildman–Crippen LogP) is 2.01. The number of piperidine rings is 1. The number of aromatic nitrogens is 2. The van der Waals surface area contributed by atoms with Gasteiger partial charge in [-0.2, -0.15) is 18.3 Å². The highest BCUT2D eigenvalue weighted by atomic mass is 19.4. The molecule has 4 rings (SSSR count). The Morgan fingerprint density at radius 1 is 1.17 bits per heavy atom. The quantitative estimate of drug-likeness (QED) is 0.726. The van der Waals surface area contributed by atoms with E-state index < -0.39 is 40.8 Å². The van der Waals surface area contributed by atoms with E-state index in [0.717, 1.165) is 10.9 Å². The summed E-state index contributed by atoms with van der Waals surface area (Å²) in [7, 11) is 0. The highest BCUT2D eigenvalue weighted by Crippen LogP contribution is 2.35. The standard InChI is InChI=1S/C19H18F3N5O3/c1-11-4-2-3-5-13(11)27-14(19(20,21)22)12(10-23-27)15(28)26-8-6-18(7-9-26)16(29)24-17(30)25-18/h2-5,10H,6-9H2,1H3,(H2,24,25,29,30). The van der Waals surface area contributed by atoms with Gasteiger partial charge in [-0.1, -0.05) is 18.2 Å². The molecule has 2 saturated heterocycles. The molecule has 0 unspecified atom stereocenters. The second-order valence-electron chi connectivity index (χ2n) is 7.39. The number of carbonyl (C=O) groups is 3. The SMILES string of the molecule is Cc1ccccc1-n1ncc(C(=O)N2CCC3(CC2)NC(=O)NC3=O)c1C(F)(F)F. The molecule has 2 aliphatic heterocycles. The lowest BCUT2D eigenvalue weighted by Gasteiger charge is -2.37. The number of carbonyl (C=O) groups excluding carboxylic acids is 3. The fourth-order valence-electron chi connectivity index (χ4n) is 3.90. The van der Waals surface area contributed by atoms with Gasteiger partial charge in [-0.05, 0) is 31.4 Å². The zero-order valence-corrected chi connectivity index (χ0v) is 15.9. The summed E-state index contributed by atoms with van der Waals surface area (Å²) in [6.07, 6.45) is -3.65. The Labute approximate surface area is 169 Å². The molecule has 1 spiro atoms. The summed E-state index contributed by atoms with van der Waals surface area (Å²) in [5.74, 6) is -1.30. The van der Waals surface area contributed by atoms with E-state index in [4.69, 9.17) is 0 Å². The lowest BCUT2D eigenvalue weighted by molar-refractivity contribution is -0.143. The number of benzene rings is 1. The minimum atomic E-state index is -4.81. The van der Waals surface area contributed by atoms with E-state index >= 15 is 0 Å². The van der Waals surface area contributed by atoms with E-state index in [0.29, 0.717) is 5.56 Å². The number of imide groups is 1. The number of aryl methyl sites for hydroxylation is 1. The number of amides is 4. The lowest BCUT2D eigenvalue weighted by atomic mass is 9.87. The molecule has 1 aromatic heterocycles. The van der Waals surface area contributed by atoms with Gasteiger partial charge in [0.15, 0.2) is 5.69 Å². The Kier molecular flexibility index (Phi) is 4.55. The maximum absolute atomic E-state index is 13.9. The Hall–Kier alpha value is -3.37. The largest absolute Gasteiger partial charge is 0.434 e. The van der Waals surface area contributed by atoms with Gasteiger partial charge in [-0.25, -0.2) is 9.48 Å². The molecule has 158 valence electrons. The first-order chi connectivity index (χ1) is 14.1. The van der Waals surface area contributed by atoms with Crippen molar-refractivity contribution in [2.75, 3.05) is 13.1 Å². The monoisotopic (exact) mass is 421 g/mol. The van der Waals surface area contributed by atoms with Crippen molar-refractivity contribution in [3.8, 4) is 5.69 Å². The van der Waals surface area contributed by atoms with E-state index in [1.165, 1.54) is 11.0 Å². The van der Waals surface area contributed by atoms with Crippen LogP contribution in [-0.4, -0.2) is 51.2 Å². The molecule has 3 heterocycles. The average molecular weight is 421 g/mol. The number of likely N-dealkylation sites (tertiary alicyclic amines) is 1. The van der Waals surface area contributed by atoms with Gasteiger partial charge in [-0.3, -0.25) is 14.9 Å². The van der Waals surface area contributed by atoms with Crippen molar-refractivity contribution in [2.24, 2.45) is 0 Å². The lowest BCUT2D eigenvalue weighted by Crippen LogP contribution is -2.55. The number of hydrogen-bond donors (Lipinski definition) is 2. The molecular formula is C19H18F3N5O3. The van der Waals surface area contributed by atoms with Crippen LogP contribution in [0.15, 0.2) is 30.5 Å². The molecule has 2 N–H and O–H groups in total. The summed E-state index contributed by atoms with van der Waals surface area (Å²) in [6, 6.07) is 5.83. The zero-order valence-electron chi connectivity index (χ0n) is 15.9. The Morgan fingerprint density at radius 2 is 1.83 bits per heavy atom. The average Bonchev–Trinajstić information content (AvgIpc) is 3.24. The summed E-state index contributed by atoms with van der Waals surface area (Å²) >= 11 is 0. The van der Waals surface area contributed by atoms with Crippen molar-refractivity contribution in [3.05, 3.63) is 47.3 Å². The maximum Gasteiger partial charge on any atom is 0.434 e. The Balaban J connectivity index is 1.63. The molecule has 11 heteroatoms. The minimum absolute atomic E-state index is 0.0272. The number of alkyl halides is 3. The van der Waals surface area contributed by atoms with Crippen LogP contribution in [-0.2, 0) is 11.0 Å².